The molecular weight excluding hydrogens is 298 g/mol. The summed E-state index contributed by atoms with van der Waals surface area (Å²) >= 11 is 3.50. The lowest BCUT2D eigenvalue weighted by molar-refractivity contribution is 0.113. The van der Waals surface area contributed by atoms with Crippen LogP contribution in [0.2, 0.25) is 0 Å². The number of piperidine rings is 1. The molecule has 0 spiro atoms. The summed E-state index contributed by atoms with van der Waals surface area (Å²) in [6.07, 6.45) is 14.1. The lowest BCUT2D eigenvalue weighted by atomic mass is 9.78. The molecule has 1 saturated heterocycles. The van der Waals surface area contributed by atoms with E-state index in [0.29, 0.717) is 5.41 Å². The quantitative estimate of drug-likeness (QED) is 0.370. The number of rotatable bonds is 10. The Hall–Kier alpha value is 0.440. The molecule has 0 bridgehead atoms. The first-order valence-electron chi connectivity index (χ1n) is 8.48. The molecule has 1 aliphatic heterocycles. The molecule has 1 fully saturated rings. The number of hydrogen-bond acceptors (Lipinski definition) is 1. The van der Waals surface area contributed by atoms with Crippen molar-refractivity contribution >= 4 is 15.9 Å². The highest BCUT2D eigenvalue weighted by atomic mass is 79.9. The second kappa shape index (κ2) is 10.2. The fourth-order valence-corrected chi connectivity index (χ4v) is 3.38. The molecule has 0 N–H and O–H groups in total. The zero-order chi connectivity index (χ0) is 14.0. The van der Waals surface area contributed by atoms with E-state index in [-0.39, 0.29) is 0 Å². The lowest BCUT2D eigenvalue weighted by Crippen LogP contribution is -2.38. The number of hydrogen-bond donors (Lipinski definition) is 0. The highest BCUT2D eigenvalue weighted by molar-refractivity contribution is 9.09. The number of halogens is 1. The van der Waals surface area contributed by atoms with Gasteiger partial charge in [0.1, 0.15) is 0 Å². The maximum Gasteiger partial charge on any atom is 0.00313 e. The van der Waals surface area contributed by atoms with Crippen molar-refractivity contribution in [3.05, 3.63) is 0 Å². The Bertz CT molecular complexity index is 209. The van der Waals surface area contributed by atoms with E-state index < -0.39 is 0 Å². The molecule has 1 aliphatic rings. The van der Waals surface area contributed by atoms with Crippen LogP contribution in [0, 0.1) is 5.41 Å². The van der Waals surface area contributed by atoms with Gasteiger partial charge in [0, 0.05) is 5.33 Å². The van der Waals surface area contributed by atoms with Crippen LogP contribution in [-0.4, -0.2) is 29.9 Å². The fourth-order valence-electron chi connectivity index (χ4n) is 2.98. The minimum atomic E-state index is 0.645. The summed E-state index contributed by atoms with van der Waals surface area (Å²) in [5.41, 5.74) is 0.645. The molecule has 0 atom stereocenters. The predicted octanol–water partition coefficient (Wildman–Crippen LogP) is 5.62. The van der Waals surface area contributed by atoms with Gasteiger partial charge in [0.15, 0.2) is 0 Å². The molecule has 1 nitrogen and oxygen atoms in total. The zero-order valence-corrected chi connectivity index (χ0v) is 14.8. The number of alkyl halides is 1. The maximum atomic E-state index is 3.50. The second-order valence-corrected chi connectivity index (χ2v) is 7.46. The topological polar surface area (TPSA) is 3.24 Å². The molecule has 0 aromatic rings. The van der Waals surface area contributed by atoms with Gasteiger partial charge in [0.25, 0.3) is 0 Å². The lowest BCUT2D eigenvalue weighted by Gasteiger charge is -2.39. The van der Waals surface area contributed by atoms with Gasteiger partial charge < -0.3 is 4.90 Å². The van der Waals surface area contributed by atoms with E-state index in [1.807, 2.05) is 0 Å². The Labute approximate surface area is 129 Å². The minimum absolute atomic E-state index is 0.645. The molecule has 1 rings (SSSR count). The van der Waals surface area contributed by atoms with Crippen molar-refractivity contribution in [2.45, 2.75) is 78.1 Å². The second-order valence-electron chi connectivity index (χ2n) is 6.67. The van der Waals surface area contributed by atoms with Crippen molar-refractivity contribution in [1.29, 1.82) is 0 Å². The summed E-state index contributed by atoms with van der Waals surface area (Å²) in [6, 6.07) is 0. The molecule has 0 aliphatic carbocycles. The molecule has 19 heavy (non-hydrogen) atoms. The van der Waals surface area contributed by atoms with Crippen molar-refractivity contribution in [2.24, 2.45) is 5.41 Å². The van der Waals surface area contributed by atoms with Gasteiger partial charge in [-0.25, -0.2) is 0 Å². The van der Waals surface area contributed by atoms with E-state index in [1.165, 1.54) is 89.2 Å². The van der Waals surface area contributed by atoms with Gasteiger partial charge in [0.05, 0.1) is 0 Å². The van der Waals surface area contributed by atoms with Gasteiger partial charge in [-0.2, -0.15) is 0 Å². The highest BCUT2D eigenvalue weighted by Crippen LogP contribution is 2.33. The van der Waals surface area contributed by atoms with Crippen LogP contribution >= 0.6 is 15.9 Å². The minimum Gasteiger partial charge on any atom is -0.303 e. The number of unbranched alkanes of at least 4 members (excludes halogenated alkanes) is 6. The van der Waals surface area contributed by atoms with Gasteiger partial charge in [0.2, 0.25) is 0 Å². The third kappa shape index (κ3) is 7.70. The Kier molecular flexibility index (Phi) is 9.40. The highest BCUT2D eigenvalue weighted by Gasteiger charge is 2.27. The van der Waals surface area contributed by atoms with E-state index in [4.69, 9.17) is 0 Å². The summed E-state index contributed by atoms with van der Waals surface area (Å²) < 4.78 is 0. The van der Waals surface area contributed by atoms with E-state index in [9.17, 15) is 0 Å². The van der Waals surface area contributed by atoms with Crippen LogP contribution in [0.15, 0.2) is 0 Å². The van der Waals surface area contributed by atoms with Crippen molar-refractivity contribution in [1.82, 2.24) is 4.90 Å². The monoisotopic (exact) mass is 331 g/mol. The third-order valence-electron chi connectivity index (χ3n) is 5.02. The number of likely N-dealkylation sites (tertiary alicyclic amines) is 1. The van der Waals surface area contributed by atoms with Crippen molar-refractivity contribution in [3.63, 3.8) is 0 Å². The molecule has 114 valence electrons. The largest absolute Gasteiger partial charge is 0.303 e. The van der Waals surface area contributed by atoms with E-state index >= 15 is 0 Å². The van der Waals surface area contributed by atoms with E-state index in [2.05, 4.69) is 34.7 Å². The van der Waals surface area contributed by atoms with Crippen molar-refractivity contribution in [3.8, 4) is 0 Å². The summed E-state index contributed by atoms with van der Waals surface area (Å²) in [4.78, 5) is 2.70. The first-order valence-corrected chi connectivity index (χ1v) is 9.61. The fraction of sp³-hybridized carbons (Fsp3) is 1.00. The van der Waals surface area contributed by atoms with Gasteiger partial charge in [-0.1, -0.05) is 68.3 Å². The zero-order valence-electron chi connectivity index (χ0n) is 13.2. The summed E-state index contributed by atoms with van der Waals surface area (Å²) in [7, 11) is 0. The van der Waals surface area contributed by atoms with Crippen LogP contribution in [0.4, 0.5) is 0 Å². The number of nitrogens with zero attached hydrogens (tertiary/aromatic N) is 1. The summed E-state index contributed by atoms with van der Waals surface area (Å²) in [6.45, 7) is 8.86. The molecule has 0 unspecified atom stereocenters. The average Bonchev–Trinajstić information content (AvgIpc) is 2.44. The van der Waals surface area contributed by atoms with Crippen LogP contribution in [0.1, 0.15) is 78.1 Å². The Balaban J connectivity index is 1.91. The van der Waals surface area contributed by atoms with Crippen LogP contribution in [-0.2, 0) is 0 Å². The molecule has 0 saturated carbocycles. The Morgan fingerprint density at radius 3 is 1.95 bits per heavy atom. The van der Waals surface area contributed by atoms with Gasteiger partial charge in [-0.15, -0.1) is 0 Å². The Morgan fingerprint density at radius 2 is 1.42 bits per heavy atom. The van der Waals surface area contributed by atoms with Gasteiger partial charge in [-0.3, -0.25) is 0 Å². The smallest absolute Gasteiger partial charge is 0.00313 e. The molecule has 0 radical (unpaired) electrons. The molecule has 1 heterocycles. The van der Waals surface area contributed by atoms with Crippen molar-refractivity contribution < 1.29 is 0 Å². The molecule has 0 amide bonds. The summed E-state index contributed by atoms with van der Waals surface area (Å²) in [5.74, 6) is 0. The third-order valence-corrected chi connectivity index (χ3v) is 5.59. The average molecular weight is 332 g/mol. The van der Waals surface area contributed by atoms with E-state index in [0.717, 1.165) is 0 Å². The summed E-state index contributed by atoms with van der Waals surface area (Å²) in [5, 5.41) is 1.18. The first kappa shape index (κ1) is 17.5. The standard InChI is InChI=1S/C17H34BrN/c1-3-17(2)11-15-19(16-12-17)14-10-8-6-4-5-7-9-13-18/h3-16H2,1-2H3. The van der Waals surface area contributed by atoms with Crippen LogP contribution in [0.3, 0.4) is 0 Å². The Morgan fingerprint density at radius 1 is 0.895 bits per heavy atom. The SMILES string of the molecule is CCC1(C)CCN(CCCCCCCCCBr)CC1. The van der Waals surface area contributed by atoms with Crippen LogP contribution < -0.4 is 0 Å². The normalized spacial score (nSPS) is 19.7. The maximum absolute atomic E-state index is 3.50. The molecule has 0 aromatic heterocycles. The van der Waals surface area contributed by atoms with E-state index in [1.54, 1.807) is 0 Å². The van der Waals surface area contributed by atoms with Crippen LogP contribution in [0.5, 0.6) is 0 Å². The first-order chi connectivity index (χ1) is 9.20. The molecule has 0 aromatic carbocycles. The van der Waals surface area contributed by atoms with Gasteiger partial charge >= 0.3 is 0 Å². The molecule has 2 heteroatoms. The van der Waals surface area contributed by atoms with Crippen LogP contribution in [0.25, 0.3) is 0 Å². The predicted molar refractivity (Wildman–Crippen MR) is 90.2 cm³/mol. The van der Waals surface area contributed by atoms with Gasteiger partial charge in [-0.05, 0) is 50.7 Å². The van der Waals surface area contributed by atoms with Crippen molar-refractivity contribution in [2.75, 3.05) is 25.0 Å². The molecular formula is C17H34BrN.